The zero-order valence-corrected chi connectivity index (χ0v) is 14.9. The molecule has 5 heteroatoms. The van der Waals surface area contributed by atoms with E-state index in [0.717, 1.165) is 57.2 Å². The van der Waals surface area contributed by atoms with Crippen LogP contribution >= 0.6 is 0 Å². The summed E-state index contributed by atoms with van der Waals surface area (Å²) in [5, 5.41) is 5.94. The third-order valence-corrected chi connectivity index (χ3v) is 5.41. The summed E-state index contributed by atoms with van der Waals surface area (Å²) in [4.78, 5) is 27.6. The molecule has 1 aliphatic heterocycles. The second-order valence-electron chi connectivity index (χ2n) is 7.29. The van der Waals surface area contributed by atoms with E-state index in [9.17, 15) is 9.59 Å². The normalized spacial score (nSPS) is 19.9. The van der Waals surface area contributed by atoms with Crippen molar-refractivity contribution in [1.29, 1.82) is 0 Å². The molecule has 1 aromatic rings. The molecule has 1 saturated carbocycles. The number of amides is 3. The molecule has 136 valence electrons. The molecule has 2 fully saturated rings. The molecule has 2 aliphatic rings. The van der Waals surface area contributed by atoms with Crippen molar-refractivity contribution in [3.8, 4) is 0 Å². The summed E-state index contributed by atoms with van der Waals surface area (Å²) in [5.41, 5.74) is 0.349. The second-order valence-corrected chi connectivity index (χ2v) is 7.29. The molecular formula is C20H29N3O2. The van der Waals surface area contributed by atoms with Crippen LogP contribution < -0.4 is 10.6 Å². The van der Waals surface area contributed by atoms with Crippen LogP contribution in [-0.2, 0) is 11.3 Å². The van der Waals surface area contributed by atoms with E-state index in [1.807, 2.05) is 35.2 Å². The molecule has 1 aromatic carbocycles. The van der Waals surface area contributed by atoms with Gasteiger partial charge in [-0.15, -0.1) is 0 Å². The highest BCUT2D eigenvalue weighted by Gasteiger charge is 2.44. The summed E-state index contributed by atoms with van der Waals surface area (Å²) in [6.07, 6.45) is 8.03. The molecule has 3 rings (SSSR count). The average molecular weight is 343 g/mol. The molecule has 3 amide bonds. The first-order valence-corrected chi connectivity index (χ1v) is 9.59. The summed E-state index contributed by atoms with van der Waals surface area (Å²) in [6.45, 7) is 2.13. The van der Waals surface area contributed by atoms with Crippen LogP contribution in [0.1, 0.15) is 56.9 Å². The summed E-state index contributed by atoms with van der Waals surface area (Å²) in [7, 11) is 0. The van der Waals surface area contributed by atoms with Crippen molar-refractivity contribution in [2.24, 2.45) is 0 Å². The Hall–Kier alpha value is -2.04. The maximum Gasteiger partial charge on any atom is 0.315 e. The number of nitrogens with one attached hydrogen (secondary N) is 2. The van der Waals surface area contributed by atoms with Gasteiger partial charge in [0.2, 0.25) is 5.91 Å². The number of hydrogen-bond donors (Lipinski definition) is 2. The van der Waals surface area contributed by atoms with E-state index < -0.39 is 5.54 Å². The highest BCUT2D eigenvalue weighted by atomic mass is 16.2. The first kappa shape index (κ1) is 17.8. The van der Waals surface area contributed by atoms with Crippen LogP contribution in [0.3, 0.4) is 0 Å². The molecule has 1 aliphatic carbocycles. The molecule has 0 unspecified atom stereocenters. The van der Waals surface area contributed by atoms with Crippen molar-refractivity contribution in [2.75, 3.05) is 13.1 Å². The number of hydrogen-bond acceptors (Lipinski definition) is 2. The minimum atomic E-state index is -0.703. The van der Waals surface area contributed by atoms with E-state index in [-0.39, 0.29) is 11.9 Å². The lowest BCUT2D eigenvalue weighted by Gasteiger charge is -2.34. The van der Waals surface area contributed by atoms with E-state index in [0.29, 0.717) is 6.54 Å². The van der Waals surface area contributed by atoms with Gasteiger partial charge in [0.05, 0.1) is 0 Å². The lowest BCUT2D eigenvalue weighted by molar-refractivity contribution is -0.137. The van der Waals surface area contributed by atoms with Crippen LogP contribution in [-0.4, -0.2) is 35.5 Å². The van der Waals surface area contributed by atoms with E-state index in [4.69, 9.17) is 0 Å². The van der Waals surface area contributed by atoms with Crippen LogP contribution in [0.25, 0.3) is 0 Å². The van der Waals surface area contributed by atoms with Crippen molar-refractivity contribution < 1.29 is 9.59 Å². The minimum absolute atomic E-state index is 0.127. The smallest absolute Gasteiger partial charge is 0.315 e. The standard InChI is InChI=1S/C20H29N3O2/c24-18(23-14-8-1-2-9-15-23)20(12-6-7-13-20)22-19(25)21-16-17-10-4-3-5-11-17/h3-5,10-11H,1-2,6-9,12-16H2,(H2,21,22,25). The van der Waals surface area contributed by atoms with Gasteiger partial charge in [-0.3, -0.25) is 4.79 Å². The quantitative estimate of drug-likeness (QED) is 0.882. The van der Waals surface area contributed by atoms with Crippen LogP contribution in [0.2, 0.25) is 0 Å². The van der Waals surface area contributed by atoms with E-state index >= 15 is 0 Å². The lowest BCUT2D eigenvalue weighted by Crippen LogP contribution is -2.60. The lowest BCUT2D eigenvalue weighted by atomic mass is 9.95. The number of rotatable bonds is 4. The highest BCUT2D eigenvalue weighted by Crippen LogP contribution is 2.32. The van der Waals surface area contributed by atoms with Crippen LogP contribution in [0.15, 0.2) is 30.3 Å². The van der Waals surface area contributed by atoms with Gasteiger partial charge in [0.1, 0.15) is 5.54 Å². The third-order valence-electron chi connectivity index (χ3n) is 5.41. The number of benzene rings is 1. The number of carbonyl (C=O) groups is 2. The maximum atomic E-state index is 13.2. The molecule has 1 heterocycles. The molecule has 5 nitrogen and oxygen atoms in total. The average Bonchev–Trinajstić information content (AvgIpc) is 2.94. The number of carbonyl (C=O) groups excluding carboxylic acids is 2. The molecular weight excluding hydrogens is 314 g/mol. The Morgan fingerprint density at radius 3 is 2.20 bits per heavy atom. The van der Waals surface area contributed by atoms with E-state index in [1.54, 1.807) is 0 Å². The van der Waals surface area contributed by atoms with Crippen LogP contribution in [0.5, 0.6) is 0 Å². The Labute approximate surface area is 150 Å². The molecule has 0 spiro atoms. The van der Waals surface area contributed by atoms with Crippen LogP contribution in [0.4, 0.5) is 4.79 Å². The monoisotopic (exact) mass is 343 g/mol. The summed E-state index contributed by atoms with van der Waals surface area (Å²) >= 11 is 0. The Morgan fingerprint density at radius 2 is 1.56 bits per heavy atom. The summed E-state index contributed by atoms with van der Waals surface area (Å²) < 4.78 is 0. The van der Waals surface area contributed by atoms with Crippen LogP contribution in [0, 0.1) is 0 Å². The van der Waals surface area contributed by atoms with E-state index in [1.165, 1.54) is 12.8 Å². The second kappa shape index (κ2) is 8.37. The number of nitrogens with zero attached hydrogens (tertiary/aromatic N) is 1. The van der Waals surface area contributed by atoms with Crippen molar-refractivity contribution in [2.45, 2.75) is 63.5 Å². The molecule has 0 atom stereocenters. The van der Waals surface area contributed by atoms with Crippen molar-refractivity contribution in [1.82, 2.24) is 15.5 Å². The van der Waals surface area contributed by atoms with Gasteiger partial charge in [0.15, 0.2) is 0 Å². The van der Waals surface area contributed by atoms with Gasteiger partial charge in [-0.1, -0.05) is 56.0 Å². The van der Waals surface area contributed by atoms with Gasteiger partial charge in [-0.2, -0.15) is 0 Å². The zero-order chi connectivity index (χ0) is 17.5. The van der Waals surface area contributed by atoms with Gasteiger partial charge >= 0.3 is 6.03 Å². The number of urea groups is 1. The fraction of sp³-hybridized carbons (Fsp3) is 0.600. The maximum absolute atomic E-state index is 13.2. The first-order chi connectivity index (χ1) is 12.2. The third kappa shape index (κ3) is 4.53. The Kier molecular flexibility index (Phi) is 5.95. The molecule has 0 bridgehead atoms. The molecule has 1 saturated heterocycles. The molecule has 0 aromatic heterocycles. The largest absolute Gasteiger partial charge is 0.341 e. The number of likely N-dealkylation sites (tertiary alicyclic amines) is 1. The van der Waals surface area contributed by atoms with Crippen molar-refractivity contribution >= 4 is 11.9 Å². The molecule has 0 radical (unpaired) electrons. The van der Waals surface area contributed by atoms with E-state index in [2.05, 4.69) is 10.6 Å². The predicted octanol–water partition coefficient (Wildman–Crippen LogP) is 3.20. The van der Waals surface area contributed by atoms with Crippen molar-refractivity contribution in [3.63, 3.8) is 0 Å². The SMILES string of the molecule is O=C(NCc1ccccc1)NC1(C(=O)N2CCCCCC2)CCCC1. The van der Waals surface area contributed by atoms with Gasteiger partial charge in [0, 0.05) is 19.6 Å². The summed E-state index contributed by atoms with van der Waals surface area (Å²) in [5.74, 6) is 0.127. The van der Waals surface area contributed by atoms with Crippen molar-refractivity contribution in [3.05, 3.63) is 35.9 Å². The van der Waals surface area contributed by atoms with Gasteiger partial charge in [-0.25, -0.2) is 4.79 Å². The van der Waals surface area contributed by atoms with Gasteiger partial charge in [0.25, 0.3) is 0 Å². The Morgan fingerprint density at radius 1 is 0.920 bits per heavy atom. The van der Waals surface area contributed by atoms with Gasteiger partial charge < -0.3 is 15.5 Å². The zero-order valence-electron chi connectivity index (χ0n) is 14.9. The Balaban J connectivity index is 1.61. The fourth-order valence-corrected chi connectivity index (χ4v) is 3.99. The minimum Gasteiger partial charge on any atom is -0.341 e. The van der Waals surface area contributed by atoms with Gasteiger partial charge in [-0.05, 0) is 31.2 Å². The Bertz CT molecular complexity index is 574. The molecule has 2 N–H and O–H groups in total. The highest BCUT2D eigenvalue weighted by molar-refractivity contribution is 5.91. The fourth-order valence-electron chi connectivity index (χ4n) is 3.99. The summed E-state index contributed by atoms with van der Waals surface area (Å²) in [6, 6.07) is 9.58. The topological polar surface area (TPSA) is 61.4 Å². The molecule has 25 heavy (non-hydrogen) atoms. The predicted molar refractivity (Wildman–Crippen MR) is 98.1 cm³/mol. The first-order valence-electron chi connectivity index (χ1n) is 9.59.